The van der Waals surface area contributed by atoms with E-state index in [1.165, 1.54) is 0 Å². The molecular weight excluding hydrogens is 344 g/mol. The normalized spacial score (nSPS) is 11.5. The molecule has 0 fully saturated rings. The first-order valence-corrected chi connectivity index (χ1v) is 8.90. The van der Waals surface area contributed by atoms with Crippen molar-refractivity contribution in [1.29, 1.82) is 10.5 Å². The Bertz CT molecular complexity index is 1580. The second-order valence-electron chi connectivity index (χ2n) is 6.91. The molecule has 1 heterocycles. The number of nitriles is 2. The van der Waals surface area contributed by atoms with Crippen LogP contribution in [-0.4, -0.2) is 9.97 Å². The number of nitrogens with zero attached hydrogens (tertiary/aromatic N) is 4. The monoisotopic (exact) mass is 354 g/mol. The maximum atomic E-state index is 9.36. The van der Waals surface area contributed by atoms with Gasteiger partial charge < -0.3 is 0 Å². The van der Waals surface area contributed by atoms with Gasteiger partial charge in [0.1, 0.15) is 12.1 Å². The fourth-order valence-corrected chi connectivity index (χ4v) is 4.22. The molecule has 4 nitrogen and oxygen atoms in total. The lowest BCUT2D eigenvalue weighted by Crippen LogP contribution is -1.94. The third-order valence-electron chi connectivity index (χ3n) is 5.42. The molecule has 5 aromatic rings. The van der Waals surface area contributed by atoms with Crippen LogP contribution in [0.2, 0.25) is 0 Å². The molecule has 28 heavy (non-hydrogen) atoms. The highest BCUT2D eigenvalue weighted by Crippen LogP contribution is 2.49. The first-order chi connectivity index (χ1) is 13.8. The minimum absolute atomic E-state index is 0.322. The first kappa shape index (κ1) is 14.8. The summed E-state index contributed by atoms with van der Waals surface area (Å²) in [4.78, 5) is 9.77. The smallest absolute Gasteiger partial charge is 0.101 e. The zero-order chi connectivity index (χ0) is 18.8. The summed E-state index contributed by atoms with van der Waals surface area (Å²) in [6, 6.07) is 24.2. The average Bonchev–Trinajstić information content (AvgIpc) is 3.06. The Morgan fingerprint density at radius 1 is 0.679 bits per heavy atom. The molecule has 4 heteroatoms. The number of fused-ring (bicyclic) bond motifs is 6. The summed E-state index contributed by atoms with van der Waals surface area (Å²) in [5.41, 5.74) is 5.72. The van der Waals surface area contributed by atoms with Crippen LogP contribution in [0.1, 0.15) is 11.1 Å². The van der Waals surface area contributed by atoms with Gasteiger partial charge in [0.2, 0.25) is 0 Å². The summed E-state index contributed by atoms with van der Waals surface area (Å²) in [7, 11) is 0. The van der Waals surface area contributed by atoms with Gasteiger partial charge in [-0.1, -0.05) is 42.5 Å². The summed E-state index contributed by atoms with van der Waals surface area (Å²) in [6.07, 6.45) is 0. The van der Waals surface area contributed by atoms with E-state index < -0.39 is 0 Å². The van der Waals surface area contributed by atoms with Crippen molar-refractivity contribution < 1.29 is 0 Å². The lowest BCUT2D eigenvalue weighted by atomic mass is 9.97. The number of hydrogen-bond acceptors (Lipinski definition) is 4. The molecular formula is C24H10N4. The van der Waals surface area contributed by atoms with E-state index >= 15 is 0 Å². The third-order valence-corrected chi connectivity index (χ3v) is 5.42. The zero-order valence-electron chi connectivity index (χ0n) is 14.6. The molecule has 0 radical (unpaired) electrons. The van der Waals surface area contributed by atoms with Crippen LogP contribution in [0.4, 0.5) is 0 Å². The molecule has 0 atom stereocenters. The van der Waals surface area contributed by atoms with Crippen molar-refractivity contribution in [1.82, 2.24) is 9.97 Å². The van der Waals surface area contributed by atoms with E-state index in [9.17, 15) is 10.5 Å². The van der Waals surface area contributed by atoms with E-state index in [0.29, 0.717) is 22.2 Å². The Hall–Kier alpha value is -4.28. The third kappa shape index (κ3) is 1.76. The highest BCUT2D eigenvalue weighted by Gasteiger charge is 2.27. The highest BCUT2D eigenvalue weighted by atomic mass is 14.8. The zero-order valence-corrected chi connectivity index (χ0v) is 14.6. The van der Waals surface area contributed by atoms with E-state index in [4.69, 9.17) is 9.97 Å². The molecule has 1 aliphatic carbocycles. The fourth-order valence-electron chi connectivity index (χ4n) is 4.22. The van der Waals surface area contributed by atoms with Crippen LogP contribution in [0.25, 0.3) is 55.1 Å². The number of benzene rings is 4. The lowest BCUT2D eigenvalue weighted by Gasteiger charge is -2.08. The van der Waals surface area contributed by atoms with Crippen molar-refractivity contribution in [3.8, 4) is 34.7 Å². The number of aromatic nitrogens is 2. The SMILES string of the molecule is N#Cc1cc2nc3c(nc2cc1C#N)-c1c2ccccc2cc2cccc-3c12. The van der Waals surface area contributed by atoms with Gasteiger partial charge in [-0.25, -0.2) is 9.97 Å². The van der Waals surface area contributed by atoms with Crippen LogP contribution >= 0.6 is 0 Å². The van der Waals surface area contributed by atoms with E-state index in [1.54, 1.807) is 12.1 Å². The van der Waals surface area contributed by atoms with Crippen molar-refractivity contribution >= 4 is 32.6 Å². The lowest BCUT2D eigenvalue weighted by molar-refractivity contribution is 1.31. The summed E-state index contributed by atoms with van der Waals surface area (Å²) in [6.45, 7) is 0. The van der Waals surface area contributed by atoms with E-state index in [0.717, 1.165) is 44.1 Å². The van der Waals surface area contributed by atoms with Crippen molar-refractivity contribution in [2.24, 2.45) is 0 Å². The van der Waals surface area contributed by atoms with Gasteiger partial charge in [0.05, 0.1) is 33.5 Å². The van der Waals surface area contributed by atoms with Gasteiger partial charge in [-0.05, 0) is 34.4 Å². The topological polar surface area (TPSA) is 73.4 Å². The Morgan fingerprint density at radius 2 is 1.36 bits per heavy atom. The standard InChI is InChI=1S/C24H10N4/c25-11-15-9-19-20(10-16(15)12-26)28-24-22-17-6-2-1-4-13(17)8-14-5-3-7-18(21(14)22)23(24)27-19/h1-10H. The van der Waals surface area contributed by atoms with Gasteiger partial charge in [-0.15, -0.1) is 0 Å². The second kappa shape index (κ2) is 5.13. The van der Waals surface area contributed by atoms with Crippen molar-refractivity contribution in [2.45, 2.75) is 0 Å². The van der Waals surface area contributed by atoms with E-state index in [-0.39, 0.29) is 0 Å². The van der Waals surface area contributed by atoms with Crippen LogP contribution in [0.15, 0.2) is 60.7 Å². The van der Waals surface area contributed by atoms with Crippen molar-refractivity contribution in [2.75, 3.05) is 0 Å². The molecule has 0 N–H and O–H groups in total. The molecule has 0 saturated carbocycles. The number of hydrogen-bond donors (Lipinski definition) is 0. The average molecular weight is 354 g/mol. The molecule has 6 rings (SSSR count). The first-order valence-electron chi connectivity index (χ1n) is 8.90. The Morgan fingerprint density at radius 3 is 2.11 bits per heavy atom. The van der Waals surface area contributed by atoms with Crippen molar-refractivity contribution in [3.63, 3.8) is 0 Å². The predicted octanol–water partition coefficient (Wildman–Crippen LogP) is 5.33. The van der Waals surface area contributed by atoms with Gasteiger partial charge in [0.25, 0.3) is 0 Å². The molecule has 0 aliphatic heterocycles. The van der Waals surface area contributed by atoms with Gasteiger partial charge in [0, 0.05) is 16.5 Å². The second-order valence-corrected chi connectivity index (χ2v) is 6.91. The summed E-state index contributed by atoms with van der Waals surface area (Å²) < 4.78 is 0. The molecule has 0 amide bonds. The molecule has 0 spiro atoms. The summed E-state index contributed by atoms with van der Waals surface area (Å²) >= 11 is 0. The quantitative estimate of drug-likeness (QED) is 0.346. The minimum Gasteiger partial charge on any atom is -0.244 e. The summed E-state index contributed by atoms with van der Waals surface area (Å²) in [5, 5.41) is 23.3. The predicted molar refractivity (Wildman–Crippen MR) is 108 cm³/mol. The fraction of sp³-hybridized carbons (Fsp3) is 0. The Kier molecular flexibility index (Phi) is 2.72. The molecule has 0 unspecified atom stereocenters. The van der Waals surface area contributed by atoms with Crippen LogP contribution in [0.3, 0.4) is 0 Å². The van der Waals surface area contributed by atoms with Crippen LogP contribution in [-0.2, 0) is 0 Å². The van der Waals surface area contributed by atoms with Gasteiger partial charge in [-0.3, -0.25) is 0 Å². The van der Waals surface area contributed by atoms with Gasteiger partial charge >= 0.3 is 0 Å². The molecule has 0 bridgehead atoms. The Labute approximate surface area is 159 Å². The molecule has 1 aliphatic rings. The number of rotatable bonds is 0. The maximum Gasteiger partial charge on any atom is 0.101 e. The van der Waals surface area contributed by atoms with Crippen LogP contribution in [0, 0.1) is 22.7 Å². The van der Waals surface area contributed by atoms with E-state index in [1.807, 2.05) is 18.2 Å². The molecule has 0 saturated heterocycles. The van der Waals surface area contributed by atoms with E-state index in [2.05, 4.69) is 42.5 Å². The van der Waals surface area contributed by atoms with Crippen molar-refractivity contribution in [3.05, 3.63) is 71.8 Å². The summed E-state index contributed by atoms with van der Waals surface area (Å²) in [5.74, 6) is 0. The maximum absolute atomic E-state index is 9.36. The molecule has 4 aromatic carbocycles. The minimum atomic E-state index is 0.322. The molecule has 1 aromatic heterocycles. The molecule has 126 valence electrons. The van der Waals surface area contributed by atoms with Crippen LogP contribution in [0.5, 0.6) is 0 Å². The van der Waals surface area contributed by atoms with Gasteiger partial charge in [-0.2, -0.15) is 10.5 Å². The van der Waals surface area contributed by atoms with Gasteiger partial charge in [0.15, 0.2) is 0 Å². The Balaban J connectivity index is 1.82. The largest absolute Gasteiger partial charge is 0.244 e. The van der Waals surface area contributed by atoms with Crippen LogP contribution < -0.4 is 0 Å². The highest BCUT2D eigenvalue weighted by molar-refractivity contribution is 6.22.